The van der Waals surface area contributed by atoms with E-state index in [4.69, 9.17) is 5.73 Å². The number of primary amides is 1. The first-order valence-corrected chi connectivity index (χ1v) is 11.4. The van der Waals surface area contributed by atoms with Crippen molar-refractivity contribution < 1.29 is 9.90 Å². The lowest BCUT2D eigenvalue weighted by atomic mass is 10.1. The molecule has 1 aliphatic heterocycles. The number of aromatic nitrogens is 2. The highest BCUT2D eigenvalue weighted by molar-refractivity contribution is 5.97. The standard InChI is InChI=1S/C25H31N7O2/c1-17(19-6-4-3-5-7-19)28-24-22(23(26)34)16-27-25(30-24)29-20-8-10-21(11-9-20)32-14-12-31(13-15-32)18(2)33/h3-11,16-18,33H,12-15H2,1-2H3,(H2,26,34)(H2,27,28,29,30)/t17-,18?/m1/s1. The molecule has 0 saturated carbocycles. The van der Waals surface area contributed by atoms with E-state index < -0.39 is 12.1 Å². The minimum absolute atomic E-state index is 0.0735. The Morgan fingerprint density at radius 2 is 1.71 bits per heavy atom. The van der Waals surface area contributed by atoms with Gasteiger partial charge < -0.3 is 26.4 Å². The summed E-state index contributed by atoms with van der Waals surface area (Å²) in [4.78, 5) is 25.1. The number of carbonyl (C=O) groups is 1. The van der Waals surface area contributed by atoms with Crippen LogP contribution in [0.2, 0.25) is 0 Å². The van der Waals surface area contributed by atoms with Crippen molar-refractivity contribution in [3.8, 4) is 0 Å². The van der Waals surface area contributed by atoms with Crippen LogP contribution in [0.25, 0.3) is 0 Å². The van der Waals surface area contributed by atoms with Gasteiger partial charge in [0.2, 0.25) is 5.95 Å². The van der Waals surface area contributed by atoms with Crippen molar-refractivity contribution in [1.82, 2.24) is 14.9 Å². The molecule has 2 aromatic carbocycles. The van der Waals surface area contributed by atoms with Gasteiger partial charge in [0.25, 0.3) is 5.91 Å². The summed E-state index contributed by atoms with van der Waals surface area (Å²) in [7, 11) is 0. The summed E-state index contributed by atoms with van der Waals surface area (Å²) < 4.78 is 0. The second-order valence-electron chi connectivity index (χ2n) is 8.42. The van der Waals surface area contributed by atoms with Crippen LogP contribution in [0.4, 0.5) is 23.1 Å². The van der Waals surface area contributed by atoms with Crippen molar-refractivity contribution in [2.75, 3.05) is 41.7 Å². The van der Waals surface area contributed by atoms with Crippen molar-refractivity contribution in [2.45, 2.75) is 26.1 Å². The molecular weight excluding hydrogens is 430 g/mol. The molecule has 0 aliphatic carbocycles. The number of piperazine rings is 1. The van der Waals surface area contributed by atoms with Crippen molar-refractivity contribution in [3.05, 3.63) is 71.9 Å². The second kappa shape index (κ2) is 10.5. The van der Waals surface area contributed by atoms with E-state index in [2.05, 4.69) is 42.5 Å². The fourth-order valence-electron chi connectivity index (χ4n) is 4.00. The number of hydrogen-bond acceptors (Lipinski definition) is 8. The Kier molecular flexibility index (Phi) is 7.24. The van der Waals surface area contributed by atoms with Crippen LogP contribution in [0.3, 0.4) is 0 Å². The molecule has 1 fully saturated rings. The summed E-state index contributed by atoms with van der Waals surface area (Å²) in [6.45, 7) is 7.18. The minimum Gasteiger partial charge on any atom is -0.379 e. The highest BCUT2D eigenvalue weighted by Gasteiger charge is 2.20. The zero-order valence-electron chi connectivity index (χ0n) is 19.5. The molecule has 0 spiro atoms. The van der Waals surface area contributed by atoms with Gasteiger partial charge in [-0.2, -0.15) is 4.98 Å². The van der Waals surface area contributed by atoms with Gasteiger partial charge in [-0.15, -0.1) is 0 Å². The monoisotopic (exact) mass is 461 g/mol. The van der Waals surface area contributed by atoms with E-state index in [1.54, 1.807) is 6.92 Å². The van der Waals surface area contributed by atoms with Gasteiger partial charge in [-0.05, 0) is 43.7 Å². The van der Waals surface area contributed by atoms with Crippen LogP contribution >= 0.6 is 0 Å². The van der Waals surface area contributed by atoms with E-state index in [9.17, 15) is 9.90 Å². The average molecular weight is 462 g/mol. The predicted octanol–water partition coefficient (Wildman–Crippen LogP) is 2.95. The highest BCUT2D eigenvalue weighted by Crippen LogP contribution is 2.24. The molecule has 3 aromatic rings. The molecular formula is C25H31N7O2. The quantitative estimate of drug-likeness (QED) is 0.404. The normalized spacial score (nSPS) is 16.0. The van der Waals surface area contributed by atoms with Crippen molar-refractivity contribution in [1.29, 1.82) is 0 Å². The number of rotatable bonds is 8. The molecule has 2 atom stereocenters. The number of nitrogens with zero attached hydrogens (tertiary/aromatic N) is 4. The largest absolute Gasteiger partial charge is 0.379 e. The van der Waals surface area contributed by atoms with Crippen LogP contribution in [-0.4, -0.2) is 58.3 Å². The van der Waals surface area contributed by atoms with Crippen LogP contribution < -0.4 is 21.3 Å². The Morgan fingerprint density at radius 3 is 2.32 bits per heavy atom. The minimum atomic E-state index is -0.589. The Labute approximate surface area is 199 Å². The van der Waals surface area contributed by atoms with E-state index in [0.717, 1.165) is 43.1 Å². The van der Waals surface area contributed by atoms with E-state index in [-0.39, 0.29) is 11.6 Å². The van der Waals surface area contributed by atoms with Gasteiger partial charge in [0, 0.05) is 49.8 Å². The molecule has 1 amide bonds. The van der Waals surface area contributed by atoms with E-state index >= 15 is 0 Å². The smallest absolute Gasteiger partial charge is 0.254 e. The number of anilines is 4. The van der Waals surface area contributed by atoms with Gasteiger partial charge in [0.1, 0.15) is 12.0 Å². The number of carbonyl (C=O) groups excluding carboxylic acids is 1. The van der Waals surface area contributed by atoms with Crippen molar-refractivity contribution in [2.24, 2.45) is 5.73 Å². The predicted molar refractivity (Wildman–Crippen MR) is 134 cm³/mol. The zero-order chi connectivity index (χ0) is 24.1. The number of hydrogen-bond donors (Lipinski definition) is 4. The van der Waals surface area contributed by atoms with Gasteiger partial charge in [-0.25, -0.2) is 4.98 Å². The maximum atomic E-state index is 11.9. The van der Waals surface area contributed by atoms with Crippen LogP contribution in [-0.2, 0) is 0 Å². The Morgan fingerprint density at radius 1 is 1.03 bits per heavy atom. The molecule has 1 aromatic heterocycles. The first kappa shape index (κ1) is 23.5. The third kappa shape index (κ3) is 5.62. The van der Waals surface area contributed by atoms with Crippen LogP contribution in [0.1, 0.15) is 35.8 Å². The zero-order valence-corrected chi connectivity index (χ0v) is 19.5. The number of nitrogens with one attached hydrogen (secondary N) is 2. The summed E-state index contributed by atoms with van der Waals surface area (Å²) in [5.74, 6) is 0.161. The van der Waals surface area contributed by atoms with Crippen LogP contribution in [0, 0.1) is 0 Å². The molecule has 5 N–H and O–H groups in total. The topological polar surface area (TPSA) is 120 Å². The SMILES string of the molecule is CC(O)N1CCN(c2ccc(Nc3ncc(C(N)=O)c(N[C@H](C)c4ccccc4)n3)cc2)CC1. The van der Waals surface area contributed by atoms with Gasteiger partial charge >= 0.3 is 0 Å². The molecule has 1 saturated heterocycles. The Bertz CT molecular complexity index is 1100. The summed E-state index contributed by atoms with van der Waals surface area (Å²) in [6.07, 6.45) is 1.03. The molecule has 2 heterocycles. The van der Waals surface area contributed by atoms with Gasteiger partial charge in [-0.3, -0.25) is 9.69 Å². The van der Waals surface area contributed by atoms with Crippen LogP contribution in [0.5, 0.6) is 0 Å². The highest BCUT2D eigenvalue weighted by atomic mass is 16.3. The number of aliphatic hydroxyl groups excluding tert-OH is 1. The van der Waals surface area contributed by atoms with E-state index in [0.29, 0.717) is 11.8 Å². The van der Waals surface area contributed by atoms with Gasteiger partial charge in [0.05, 0.1) is 5.56 Å². The summed E-state index contributed by atoms with van der Waals surface area (Å²) in [5.41, 5.74) is 8.80. The second-order valence-corrected chi connectivity index (χ2v) is 8.42. The molecule has 1 unspecified atom stereocenters. The number of benzene rings is 2. The van der Waals surface area contributed by atoms with Crippen LogP contribution in [0.15, 0.2) is 60.8 Å². The average Bonchev–Trinajstić information content (AvgIpc) is 2.85. The molecule has 0 bridgehead atoms. The van der Waals surface area contributed by atoms with Crippen molar-refractivity contribution in [3.63, 3.8) is 0 Å². The molecule has 9 heteroatoms. The third-order valence-corrected chi connectivity index (χ3v) is 6.04. The summed E-state index contributed by atoms with van der Waals surface area (Å²) in [6, 6.07) is 17.9. The fourth-order valence-corrected chi connectivity index (χ4v) is 4.00. The maximum absolute atomic E-state index is 11.9. The maximum Gasteiger partial charge on any atom is 0.254 e. The lowest BCUT2D eigenvalue weighted by Crippen LogP contribution is -2.49. The van der Waals surface area contributed by atoms with Gasteiger partial charge in [0.15, 0.2) is 0 Å². The first-order chi connectivity index (χ1) is 16.4. The molecule has 4 rings (SSSR count). The van der Waals surface area contributed by atoms with E-state index in [1.165, 1.54) is 6.20 Å². The van der Waals surface area contributed by atoms with Crippen molar-refractivity contribution >= 4 is 29.0 Å². The fraction of sp³-hybridized carbons (Fsp3) is 0.320. The number of nitrogens with two attached hydrogens (primary N) is 1. The number of aliphatic hydroxyl groups is 1. The Balaban J connectivity index is 1.45. The summed E-state index contributed by atoms with van der Waals surface area (Å²) >= 11 is 0. The molecule has 178 valence electrons. The molecule has 9 nitrogen and oxygen atoms in total. The Hall–Kier alpha value is -3.69. The number of amides is 1. The lowest BCUT2D eigenvalue weighted by molar-refractivity contribution is 0.0153. The lowest BCUT2D eigenvalue weighted by Gasteiger charge is -2.37. The first-order valence-electron chi connectivity index (χ1n) is 11.4. The van der Waals surface area contributed by atoms with E-state index in [1.807, 2.05) is 49.4 Å². The van der Waals surface area contributed by atoms with Gasteiger partial charge in [-0.1, -0.05) is 30.3 Å². The third-order valence-electron chi connectivity index (χ3n) is 6.04. The molecule has 1 aliphatic rings. The summed E-state index contributed by atoms with van der Waals surface area (Å²) in [5, 5.41) is 16.2. The molecule has 0 radical (unpaired) electrons. The molecule has 34 heavy (non-hydrogen) atoms.